The molecule has 0 aliphatic carbocycles. The van der Waals surface area contributed by atoms with E-state index in [0.29, 0.717) is 12.2 Å². The Morgan fingerprint density at radius 2 is 2.00 bits per heavy atom. The van der Waals surface area contributed by atoms with Crippen molar-refractivity contribution in [3.8, 4) is 0 Å². The van der Waals surface area contributed by atoms with Crippen LogP contribution in [0.25, 0.3) is 5.65 Å². The minimum absolute atomic E-state index is 0.00282. The van der Waals surface area contributed by atoms with E-state index >= 15 is 0 Å². The number of hydrogen-bond acceptors (Lipinski definition) is 3. The molecule has 2 heterocycles. The summed E-state index contributed by atoms with van der Waals surface area (Å²) in [5.41, 5.74) is 0.370. The van der Waals surface area contributed by atoms with Gasteiger partial charge in [-0.1, -0.05) is 38.4 Å². The summed E-state index contributed by atoms with van der Waals surface area (Å²) in [5.74, 6) is 0. The molecule has 7 heteroatoms. The first-order valence-corrected chi connectivity index (χ1v) is 8.04. The smallest absolute Gasteiger partial charge is 0.262 e. The highest BCUT2D eigenvalue weighted by Gasteiger charge is 2.30. The van der Waals surface area contributed by atoms with Crippen molar-refractivity contribution in [1.82, 2.24) is 13.7 Å². The molecule has 0 aliphatic rings. The fourth-order valence-corrected chi connectivity index (χ4v) is 4.06. The maximum atomic E-state index is 12.7. The van der Waals surface area contributed by atoms with Crippen LogP contribution in [0.4, 0.5) is 0 Å². The van der Waals surface area contributed by atoms with Gasteiger partial charge in [0, 0.05) is 19.8 Å². The zero-order valence-electron chi connectivity index (χ0n) is 12.0. The number of aromatic nitrogens is 2. The largest absolute Gasteiger partial charge is 0.288 e. The van der Waals surface area contributed by atoms with Crippen LogP contribution in [0.5, 0.6) is 0 Å². The molecule has 0 aliphatic heterocycles. The molecule has 20 heavy (non-hydrogen) atoms. The molecule has 0 saturated heterocycles. The van der Waals surface area contributed by atoms with Crippen LogP contribution >= 0.6 is 11.6 Å². The van der Waals surface area contributed by atoms with Crippen molar-refractivity contribution in [2.75, 3.05) is 13.6 Å². The minimum Gasteiger partial charge on any atom is -0.288 e. The number of nitrogens with zero attached hydrogens (tertiary/aromatic N) is 3. The summed E-state index contributed by atoms with van der Waals surface area (Å²) in [6.45, 7) is 6.34. The first-order valence-electron chi connectivity index (χ1n) is 6.22. The molecule has 0 unspecified atom stereocenters. The first-order chi connectivity index (χ1) is 9.13. The Kier molecular flexibility index (Phi) is 3.83. The lowest BCUT2D eigenvalue weighted by Crippen LogP contribution is -2.35. The second kappa shape index (κ2) is 5.02. The maximum Gasteiger partial charge on any atom is 0.262 e. The van der Waals surface area contributed by atoms with Crippen molar-refractivity contribution < 1.29 is 8.42 Å². The highest BCUT2D eigenvalue weighted by molar-refractivity contribution is 7.89. The number of sulfonamides is 1. The van der Waals surface area contributed by atoms with Gasteiger partial charge >= 0.3 is 0 Å². The van der Waals surface area contributed by atoms with Gasteiger partial charge < -0.3 is 0 Å². The van der Waals surface area contributed by atoms with Gasteiger partial charge in [0.1, 0.15) is 5.65 Å². The average molecular weight is 316 g/mol. The van der Waals surface area contributed by atoms with Crippen LogP contribution in [0.3, 0.4) is 0 Å². The van der Waals surface area contributed by atoms with Crippen LogP contribution in [-0.4, -0.2) is 35.7 Å². The Balaban J connectivity index is 2.55. The summed E-state index contributed by atoms with van der Waals surface area (Å²) < 4.78 is 28.2. The van der Waals surface area contributed by atoms with Crippen molar-refractivity contribution in [2.45, 2.75) is 25.8 Å². The van der Waals surface area contributed by atoms with Crippen molar-refractivity contribution in [2.24, 2.45) is 5.41 Å². The third-order valence-corrected chi connectivity index (χ3v) is 5.00. The van der Waals surface area contributed by atoms with Crippen LogP contribution in [0.1, 0.15) is 20.8 Å². The van der Waals surface area contributed by atoms with Gasteiger partial charge in [-0.05, 0) is 17.5 Å². The number of pyridine rings is 1. The normalized spacial score (nSPS) is 13.3. The molecule has 2 rings (SSSR count). The lowest BCUT2D eigenvalue weighted by Gasteiger charge is -2.25. The summed E-state index contributed by atoms with van der Waals surface area (Å²) in [7, 11) is -2.13. The van der Waals surface area contributed by atoms with E-state index in [1.54, 1.807) is 31.4 Å². The quantitative estimate of drug-likeness (QED) is 0.875. The Morgan fingerprint density at radius 1 is 1.35 bits per heavy atom. The molecular weight excluding hydrogens is 298 g/mol. The van der Waals surface area contributed by atoms with Crippen LogP contribution < -0.4 is 0 Å². The molecule has 0 atom stereocenters. The fraction of sp³-hybridized carbons (Fsp3) is 0.462. The number of rotatable bonds is 3. The number of fused-ring (bicyclic) bond motifs is 1. The van der Waals surface area contributed by atoms with Crippen molar-refractivity contribution in [3.63, 3.8) is 0 Å². The minimum atomic E-state index is -3.68. The highest BCUT2D eigenvalue weighted by Crippen LogP contribution is 2.27. The van der Waals surface area contributed by atoms with Gasteiger partial charge in [-0.25, -0.2) is 13.4 Å². The molecule has 0 fully saturated rings. The van der Waals surface area contributed by atoms with E-state index in [-0.39, 0.29) is 15.6 Å². The SMILES string of the molecule is CN(CC(C)(C)C)S(=O)(=O)c1c(Cl)nc2ccccn12. The van der Waals surface area contributed by atoms with E-state index in [9.17, 15) is 8.42 Å². The van der Waals surface area contributed by atoms with Gasteiger partial charge in [0.15, 0.2) is 10.2 Å². The molecule has 0 N–H and O–H groups in total. The lowest BCUT2D eigenvalue weighted by molar-refractivity contribution is 0.310. The van der Waals surface area contributed by atoms with Crippen molar-refractivity contribution in [1.29, 1.82) is 0 Å². The topological polar surface area (TPSA) is 54.7 Å². The van der Waals surface area contributed by atoms with E-state index < -0.39 is 10.0 Å². The number of hydrogen-bond donors (Lipinski definition) is 0. The van der Waals surface area contributed by atoms with Gasteiger partial charge in [0.2, 0.25) is 0 Å². The van der Waals surface area contributed by atoms with Gasteiger partial charge in [-0.2, -0.15) is 4.31 Å². The van der Waals surface area contributed by atoms with E-state index in [0.717, 1.165) is 0 Å². The van der Waals surface area contributed by atoms with Gasteiger partial charge in [-0.3, -0.25) is 4.40 Å². The molecule has 0 bridgehead atoms. The van der Waals surface area contributed by atoms with Crippen LogP contribution in [0.15, 0.2) is 29.4 Å². The standard InChI is InChI=1S/C13H18ClN3O2S/c1-13(2,3)9-16(4)20(18,19)12-11(14)15-10-7-5-6-8-17(10)12/h5-8H,9H2,1-4H3. The number of halogens is 1. The van der Waals surface area contributed by atoms with Gasteiger partial charge in [0.05, 0.1) is 0 Å². The Labute approximate surface area is 124 Å². The number of imidazole rings is 1. The lowest BCUT2D eigenvalue weighted by atomic mass is 9.97. The summed E-state index contributed by atoms with van der Waals surface area (Å²) in [5, 5.41) is 0.0125. The molecule has 0 aromatic carbocycles. The molecule has 2 aromatic heterocycles. The highest BCUT2D eigenvalue weighted by atomic mass is 35.5. The van der Waals surface area contributed by atoms with Crippen molar-refractivity contribution >= 4 is 27.3 Å². The third-order valence-electron chi connectivity index (χ3n) is 2.80. The van der Waals surface area contributed by atoms with E-state index in [4.69, 9.17) is 11.6 Å². The van der Waals surface area contributed by atoms with Crippen LogP contribution in [0, 0.1) is 5.41 Å². The third kappa shape index (κ3) is 2.82. The molecular formula is C13H18ClN3O2S. The Hall–Kier alpha value is -1.11. The second-order valence-corrected chi connectivity index (χ2v) is 8.28. The van der Waals surface area contributed by atoms with E-state index in [1.165, 1.54) is 8.71 Å². The predicted molar refractivity (Wildman–Crippen MR) is 79.5 cm³/mol. The molecule has 0 amide bonds. The van der Waals surface area contributed by atoms with Gasteiger partial charge in [0.25, 0.3) is 10.0 Å². The Bertz CT molecular complexity index is 732. The van der Waals surface area contributed by atoms with Crippen molar-refractivity contribution in [3.05, 3.63) is 29.5 Å². The molecule has 0 saturated carbocycles. The second-order valence-electron chi connectivity index (χ2n) is 5.96. The molecule has 110 valence electrons. The summed E-state index contributed by atoms with van der Waals surface area (Å²) in [6, 6.07) is 5.25. The molecule has 5 nitrogen and oxygen atoms in total. The maximum absolute atomic E-state index is 12.7. The fourth-order valence-electron chi connectivity index (χ4n) is 2.08. The van der Waals surface area contributed by atoms with E-state index in [2.05, 4.69) is 4.98 Å². The van der Waals surface area contributed by atoms with Crippen LogP contribution in [-0.2, 0) is 10.0 Å². The summed E-state index contributed by atoms with van der Waals surface area (Å²) in [4.78, 5) is 4.08. The Morgan fingerprint density at radius 3 is 2.60 bits per heavy atom. The molecule has 0 radical (unpaired) electrons. The first kappa shape index (κ1) is 15.3. The van der Waals surface area contributed by atoms with Gasteiger partial charge in [-0.15, -0.1) is 0 Å². The summed E-state index contributed by atoms with van der Waals surface area (Å²) >= 11 is 6.03. The monoisotopic (exact) mass is 315 g/mol. The summed E-state index contributed by atoms with van der Waals surface area (Å²) in [6.07, 6.45) is 1.64. The van der Waals surface area contributed by atoms with Crippen LogP contribution in [0.2, 0.25) is 5.15 Å². The predicted octanol–water partition coefficient (Wildman–Crippen LogP) is 2.65. The zero-order valence-corrected chi connectivity index (χ0v) is 13.5. The average Bonchev–Trinajstić information content (AvgIpc) is 2.62. The zero-order chi connectivity index (χ0) is 15.1. The molecule has 2 aromatic rings. The molecule has 0 spiro atoms. The van der Waals surface area contributed by atoms with E-state index in [1.807, 2.05) is 20.8 Å².